The Kier molecular flexibility index (Phi) is 4.87. The van der Waals surface area contributed by atoms with Crippen molar-refractivity contribution in [1.29, 1.82) is 0 Å². The van der Waals surface area contributed by atoms with E-state index < -0.39 is 33.7 Å². The van der Waals surface area contributed by atoms with Gasteiger partial charge in [-0.1, -0.05) is 0 Å². The van der Waals surface area contributed by atoms with Crippen LogP contribution in [-0.4, -0.2) is 42.9 Å². The van der Waals surface area contributed by atoms with Crippen molar-refractivity contribution in [2.75, 3.05) is 27.2 Å². The molecule has 0 heterocycles. The molecule has 0 aliphatic rings. The second kappa shape index (κ2) is 6.19. The number of nitrogens with one attached hydrogen (secondary N) is 1. The molecule has 1 rings (SSSR count). The van der Waals surface area contributed by atoms with Crippen LogP contribution in [0.3, 0.4) is 0 Å². The molecule has 8 heteroatoms. The van der Waals surface area contributed by atoms with Crippen LogP contribution in [0.2, 0.25) is 0 Å². The van der Waals surface area contributed by atoms with E-state index in [0.29, 0.717) is 25.2 Å². The molecule has 0 spiro atoms. The zero-order valence-corrected chi connectivity index (χ0v) is 10.4. The number of nitro benzene ring substituents is 1. The highest BCUT2D eigenvalue weighted by atomic mass is 19.1. The molecule has 1 aromatic carbocycles. The molecule has 0 unspecified atom stereocenters. The summed E-state index contributed by atoms with van der Waals surface area (Å²) in [5, 5.41) is 13.2. The number of nitro groups is 1. The van der Waals surface area contributed by atoms with Crippen LogP contribution in [0, 0.1) is 21.7 Å². The molecule has 0 bridgehead atoms. The molecule has 104 valence electrons. The van der Waals surface area contributed by atoms with E-state index in [0.717, 1.165) is 0 Å². The van der Waals surface area contributed by atoms with Gasteiger partial charge in [-0.25, -0.2) is 4.39 Å². The first-order valence-corrected chi connectivity index (χ1v) is 5.42. The van der Waals surface area contributed by atoms with E-state index in [4.69, 9.17) is 0 Å². The van der Waals surface area contributed by atoms with Gasteiger partial charge < -0.3 is 10.2 Å². The lowest BCUT2D eigenvalue weighted by Crippen LogP contribution is -2.33. The molecule has 0 aliphatic heterocycles. The Bertz CT molecular complexity index is 508. The minimum atomic E-state index is -1.24. The first kappa shape index (κ1) is 15.0. The van der Waals surface area contributed by atoms with Crippen molar-refractivity contribution in [3.05, 3.63) is 39.4 Å². The van der Waals surface area contributed by atoms with Crippen LogP contribution in [0.25, 0.3) is 0 Å². The van der Waals surface area contributed by atoms with E-state index in [1.165, 1.54) is 11.9 Å². The quantitative estimate of drug-likeness (QED) is 0.645. The van der Waals surface area contributed by atoms with Gasteiger partial charge in [0, 0.05) is 20.1 Å². The molecule has 6 nitrogen and oxygen atoms in total. The molecule has 0 atom stereocenters. The standard InChI is InChI=1S/C11H13F2N3O3/c1-14-3-4-15(2)11(17)7-5-9(13)10(16(18)19)6-8(7)12/h5-6,14H,3-4H2,1-2H3. The van der Waals surface area contributed by atoms with Crippen molar-refractivity contribution < 1.29 is 18.5 Å². The largest absolute Gasteiger partial charge is 0.340 e. The fraction of sp³-hybridized carbons (Fsp3) is 0.364. The van der Waals surface area contributed by atoms with Crippen molar-refractivity contribution in [3.8, 4) is 0 Å². The molecule has 0 saturated heterocycles. The number of halogens is 2. The van der Waals surface area contributed by atoms with E-state index >= 15 is 0 Å². The third kappa shape index (κ3) is 3.44. The predicted octanol–water partition coefficient (Wildman–Crippen LogP) is 1.16. The number of nitrogens with zero attached hydrogens (tertiary/aromatic N) is 2. The van der Waals surface area contributed by atoms with Crippen LogP contribution in [0.4, 0.5) is 14.5 Å². The lowest BCUT2D eigenvalue weighted by Gasteiger charge is -2.17. The summed E-state index contributed by atoms with van der Waals surface area (Å²) in [6.07, 6.45) is 0. The normalized spacial score (nSPS) is 10.3. The molecule has 0 radical (unpaired) electrons. The molecule has 0 fully saturated rings. The van der Waals surface area contributed by atoms with Crippen LogP contribution in [0.1, 0.15) is 10.4 Å². The van der Waals surface area contributed by atoms with Gasteiger partial charge in [-0.2, -0.15) is 4.39 Å². The van der Waals surface area contributed by atoms with Crippen LogP contribution in [0.15, 0.2) is 12.1 Å². The van der Waals surface area contributed by atoms with E-state index in [-0.39, 0.29) is 0 Å². The summed E-state index contributed by atoms with van der Waals surface area (Å²) in [5.74, 6) is -3.09. The third-order valence-corrected chi connectivity index (χ3v) is 2.51. The zero-order valence-electron chi connectivity index (χ0n) is 10.4. The van der Waals surface area contributed by atoms with Crippen LogP contribution in [-0.2, 0) is 0 Å². The SMILES string of the molecule is CNCCN(C)C(=O)c1cc(F)c([N+](=O)[O-])cc1F. The Morgan fingerprint density at radius 3 is 2.58 bits per heavy atom. The second-order valence-electron chi connectivity index (χ2n) is 3.87. The monoisotopic (exact) mass is 273 g/mol. The van der Waals surface area contributed by atoms with Gasteiger partial charge in [-0.3, -0.25) is 14.9 Å². The van der Waals surface area contributed by atoms with Crippen molar-refractivity contribution in [1.82, 2.24) is 10.2 Å². The zero-order chi connectivity index (χ0) is 14.6. The summed E-state index contributed by atoms with van der Waals surface area (Å²) in [4.78, 5) is 22.4. The molecule has 0 aromatic heterocycles. The Labute approximate surface area is 108 Å². The Morgan fingerprint density at radius 2 is 2.05 bits per heavy atom. The first-order valence-electron chi connectivity index (χ1n) is 5.42. The molecule has 1 N–H and O–H groups in total. The topological polar surface area (TPSA) is 75.5 Å². The number of likely N-dealkylation sites (N-methyl/N-ethyl adjacent to an activating group) is 2. The minimum absolute atomic E-state index is 0.299. The van der Waals surface area contributed by atoms with E-state index in [1.54, 1.807) is 7.05 Å². The molecular formula is C11H13F2N3O3. The average molecular weight is 273 g/mol. The Hall–Kier alpha value is -2.09. The van der Waals surface area contributed by atoms with Gasteiger partial charge in [0.15, 0.2) is 0 Å². The summed E-state index contributed by atoms with van der Waals surface area (Å²) in [5.41, 5.74) is -1.52. The van der Waals surface area contributed by atoms with Gasteiger partial charge in [0.05, 0.1) is 16.6 Å². The summed E-state index contributed by atoms with van der Waals surface area (Å²) >= 11 is 0. The number of carbonyl (C=O) groups is 1. The highest BCUT2D eigenvalue weighted by molar-refractivity contribution is 5.94. The van der Waals surface area contributed by atoms with Gasteiger partial charge in [0.2, 0.25) is 5.82 Å². The average Bonchev–Trinajstić information content (AvgIpc) is 2.36. The first-order chi connectivity index (χ1) is 8.88. The Morgan fingerprint density at radius 1 is 1.42 bits per heavy atom. The highest BCUT2D eigenvalue weighted by Gasteiger charge is 2.23. The molecular weight excluding hydrogens is 260 g/mol. The van der Waals surface area contributed by atoms with Crippen LogP contribution < -0.4 is 5.32 Å². The van der Waals surface area contributed by atoms with Crippen LogP contribution in [0.5, 0.6) is 0 Å². The highest BCUT2D eigenvalue weighted by Crippen LogP contribution is 2.22. The summed E-state index contributed by atoms with van der Waals surface area (Å²) < 4.78 is 27.0. The number of benzene rings is 1. The van der Waals surface area contributed by atoms with Crippen molar-refractivity contribution in [2.24, 2.45) is 0 Å². The van der Waals surface area contributed by atoms with Crippen molar-refractivity contribution >= 4 is 11.6 Å². The predicted molar refractivity (Wildman–Crippen MR) is 63.9 cm³/mol. The minimum Gasteiger partial charge on any atom is -0.340 e. The summed E-state index contributed by atoms with van der Waals surface area (Å²) in [7, 11) is 3.11. The molecule has 1 aromatic rings. The summed E-state index contributed by atoms with van der Waals surface area (Å²) in [6, 6.07) is 0.958. The van der Waals surface area contributed by atoms with Crippen LogP contribution >= 0.6 is 0 Å². The Balaban J connectivity index is 3.05. The number of carbonyl (C=O) groups excluding carboxylic acids is 1. The van der Waals surface area contributed by atoms with Crippen molar-refractivity contribution in [2.45, 2.75) is 0 Å². The maximum Gasteiger partial charge on any atom is 0.307 e. The van der Waals surface area contributed by atoms with Crippen molar-refractivity contribution in [3.63, 3.8) is 0 Å². The number of rotatable bonds is 5. The summed E-state index contributed by atoms with van der Waals surface area (Å²) in [6.45, 7) is 0.784. The second-order valence-corrected chi connectivity index (χ2v) is 3.87. The maximum atomic E-state index is 13.6. The lowest BCUT2D eigenvalue weighted by atomic mass is 10.1. The smallest absolute Gasteiger partial charge is 0.307 e. The van der Waals surface area contributed by atoms with Gasteiger partial charge in [-0.15, -0.1) is 0 Å². The molecule has 1 amide bonds. The van der Waals surface area contributed by atoms with E-state index in [2.05, 4.69) is 5.32 Å². The molecule has 0 saturated carbocycles. The fourth-order valence-corrected chi connectivity index (χ4v) is 1.43. The van der Waals surface area contributed by atoms with Gasteiger partial charge >= 0.3 is 5.69 Å². The number of amides is 1. The molecule has 0 aliphatic carbocycles. The lowest BCUT2D eigenvalue weighted by molar-refractivity contribution is -0.387. The fourth-order valence-electron chi connectivity index (χ4n) is 1.43. The molecule has 19 heavy (non-hydrogen) atoms. The number of hydrogen-bond acceptors (Lipinski definition) is 4. The number of hydrogen-bond donors (Lipinski definition) is 1. The van der Waals surface area contributed by atoms with Gasteiger partial charge in [0.25, 0.3) is 5.91 Å². The third-order valence-electron chi connectivity index (χ3n) is 2.51. The van der Waals surface area contributed by atoms with E-state index in [1.807, 2.05) is 0 Å². The van der Waals surface area contributed by atoms with Gasteiger partial charge in [0.1, 0.15) is 5.82 Å². The van der Waals surface area contributed by atoms with Gasteiger partial charge in [-0.05, 0) is 13.1 Å². The maximum absolute atomic E-state index is 13.6. The van der Waals surface area contributed by atoms with E-state index in [9.17, 15) is 23.7 Å².